The average Bonchev–Trinajstić information content (AvgIpc) is 3.36. The summed E-state index contributed by atoms with van der Waals surface area (Å²) in [4.78, 5) is 57.3. The van der Waals surface area contributed by atoms with E-state index in [1.165, 1.54) is 18.1 Å². The van der Waals surface area contributed by atoms with E-state index in [4.69, 9.17) is 11.5 Å². The Balaban J connectivity index is 2.95. The van der Waals surface area contributed by atoms with Gasteiger partial charge in [-0.15, -0.1) is 0 Å². The number of imidazole rings is 1. The lowest BCUT2D eigenvalue weighted by Crippen LogP contribution is -2.58. The van der Waals surface area contributed by atoms with E-state index in [9.17, 15) is 24.3 Å². The molecule has 13 heteroatoms. The number of H-pyrrole nitrogens is 1. The van der Waals surface area contributed by atoms with Gasteiger partial charge in [0, 0.05) is 18.3 Å². The quantitative estimate of drug-likeness (QED) is 0.125. The summed E-state index contributed by atoms with van der Waals surface area (Å²) in [6.45, 7) is 4.13. The van der Waals surface area contributed by atoms with Gasteiger partial charge in [0.1, 0.15) is 18.1 Å². The number of unbranched alkanes of at least 4 members (excludes halogenated alkanes) is 1. The van der Waals surface area contributed by atoms with Gasteiger partial charge < -0.3 is 37.5 Å². The Morgan fingerprint density at radius 1 is 1.08 bits per heavy atom. The van der Waals surface area contributed by atoms with Crippen molar-refractivity contribution in [3.05, 3.63) is 18.2 Å². The number of hydrogen-bond acceptors (Lipinski definition) is 8. The Morgan fingerprint density at radius 2 is 1.78 bits per heavy atom. The summed E-state index contributed by atoms with van der Waals surface area (Å²) in [5.74, 6) is -2.44. The fourth-order valence-electron chi connectivity index (χ4n) is 3.48. The number of aromatic nitrogens is 2. The Bertz CT molecular complexity index is 824. The van der Waals surface area contributed by atoms with Crippen LogP contribution in [-0.4, -0.2) is 81.5 Å². The number of nitrogens with two attached hydrogens (primary N) is 2. The van der Waals surface area contributed by atoms with Crippen LogP contribution in [-0.2, 0) is 25.6 Å². The molecular weight excluding hydrogens is 486 g/mol. The van der Waals surface area contributed by atoms with Crippen molar-refractivity contribution in [1.29, 1.82) is 0 Å². The Morgan fingerprint density at radius 3 is 2.33 bits per heavy atom. The van der Waals surface area contributed by atoms with Gasteiger partial charge in [0.25, 0.3) is 0 Å². The number of nitrogens with one attached hydrogen (secondary N) is 4. The molecule has 0 bridgehead atoms. The predicted molar refractivity (Wildman–Crippen MR) is 139 cm³/mol. The van der Waals surface area contributed by atoms with Gasteiger partial charge in [-0.2, -0.15) is 11.8 Å². The number of aliphatic carboxylic acids is 1. The molecule has 1 aromatic heterocycles. The molecule has 1 heterocycles. The largest absolute Gasteiger partial charge is 0.480 e. The normalized spacial score (nSPS) is 15.2. The lowest BCUT2D eigenvalue weighted by molar-refractivity contribution is -0.142. The summed E-state index contributed by atoms with van der Waals surface area (Å²) in [5.41, 5.74) is 12.3. The van der Waals surface area contributed by atoms with E-state index in [0.29, 0.717) is 37.3 Å². The molecule has 3 amide bonds. The van der Waals surface area contributed by atoms with Crippen molar-refractivity contribution in [2.45, 2.75) is 76.5 Å². The van der Waals surface area contributed by atoms with Crippen molar-refractivity contribution >= 4 is 35.5 Å². The van der Waals surface area contributed by atoms with Gasteiger partial charge in [-0.3, -0.25) is 14.4 Å². The summed E-state index contributed by atoms with van der Waals surface area (Å²) in [5, 5.41) is 17.4. The fourth-order valence-corrected chi connectivity index (χ4v) is 3.95. The van der Waals surface area contributed by atoms with E-state index in [1.54, 1.807) is 6.20 Å². The minimum Gasteiger partial charge on any atom is -0.480 e. The fraction of sp³-hybridized carbons (Fsp3) is 0.696. The van der Waals surface area contributed by atoms with Crippen LogP contribution in [0.15, 0.2) is 12.5 Å². The molecular formula is C23H41N7O5S. The number of rotatable bonds is 18. The molecule has 0 spiro atoms. The van der Waals surface area contributed by atoms with Gasteiger partial charge in [0.05, 0.1) is 12.4 Å². The van der Waals surface area contributed by atoms with E-state index in [2.05, 4.69) is 25.9 Å². The monoisotopic (exact) mass is 527 g/mol. The number of aromatic amines is 1. The zero-order valence-electron chi connectivity index (χ0n) is 21.3. The molecule has 0 aliphatic rings. The average molecular weight is 528 g/mol. The van der Waals surface area contributed by atoms with Crippen LogP contribution < -0.4 is 27.4 Å². The van der Waals surface area contributed by atoms with Crippen molar-refractivity contribution in [2.75, 3.05) is 18.6 Å². The minimum atomic E-state index is -1.14. The van der Waals surface area contributed by atoms with Crippen LogP contribution in [0.5, 0.6) is 0 Å². The summed E-state index contributed by atoms with van der Waals surface area (Å²) in [7, 11) is 0. The van der Waals surface area contributed by atoms with Gasteiger partial charge >= 0.3 is 5.97 Å². The minimum absolute atomic E-state index is 0.220. The highest BCUT2D eigenvalue weighted by molar-refractivity contribution is 7.98. The van der Waals surface area contributed by atoms with Crippen LogP contribution in [0.4, 0.5) is 0 Å². The third-order valence-corrected chi connectivity index (χ3v) is 6.57. The van der Waals surface area contributed by atoms with Gasteiger partial charge in [-0.1, -0.05) is 20.3 Å². The number of hydrogen-bond donors (Lipinski definition) is 7. The molecule has 12 nitrogen and oxygen atoms in total. The summed E-state index contributed by atoms with van der Waals surface area (Å²) >= 11 is 1.47. The zero-order valence-corrected chi connectivity index (χ0v) is 22.1. The highest BCUT2D eigenvalue weighted by atomic mass is 32.2. The predicted octanol–water partition coefficient (Wildman–Crippen LogP) is -0.253. The molecule has 204 valence electrons. The van der Waals surface area contributed by atoms with Crippen molar-refractivity contribution in [3.63, 3.8) is 0 Å². The maximum Gasteiger partial charge on any atom is 0.326 e. The highest BCUT2D eigenvalue weighted by Crippen LogP contribution is 2.11. The molecule has 36 heavy (non-hydrogen) atoms. The maximum atomic E-state index is 13.3. The van der Waals surface area contributed by atoms with E-state index < -0.39 is 47.9 Å². The first-order valence-corrected chi connectivity index (χ1v) is 13.6. The summed E-state index contributed by atoms with van der Waals surface area (Å²) in [6.07, 6.45) is 7.46. The summed E-state index contributed by atoms with van der Waals surface area (Å²) in [6, 6.07) is -3.86. The standard InChI is InChI=1S/C23H41N7O5S/c1-4-14(2)19(30-20(31)16(25)11-15-12-26-13-27-15)22(33)28-17(7-5-6-9-24)21(32)29-18(23(34)35)8-10-36-3/h12-14,16-19H,4-11,24-25H2,1-3H3,(H,26,27)(H,28,33)(H,29,32)(H,30,31)(H,34,35). The lowest BCUT2D eigenvalue weighted by Gasteiger charge is -2.28. The Labute approximate surface area is 216 Å². The SMILES string of the molecule is CCC(C)C(NC(=O)C(N)Cc1cnc[nH]1)C(=O)NC(CCCCN)C(=O)NC(CCSC)C(=O)O. The molecule has 5 atom stereocenters. The van der Waals surface area contributed by atoms with Crippen LogP contribution in [0.1, 0.15) is 51.6 Å². The third kappa shape index (κ3) is 11.0. The first-order valence-electron chi connectivity index (χ1n) is 12.2. The topological polar surface area (TPSA) is 205 Å². The molecule has 1 aromatic rings. The van der Waals surface area contributed by atoms with E-state index in [1.807, 2.05) is 20.1 Å². The second kappa shape index (κ2) is 16.9. The van der Waals surface area contributed by atoms with Gasteiger partial charge in [-0.25, -0.2) is 9.78 Å². The smallest absolute Gasteiger partial charge is 0.326 e. The number of carbonyl (C=O) groups is 4. The zero-order chi connectivity index (χ0) is 27.1. The molecule has 0 aromatic carbocycles. The van der Waals surface area contributed by atoms with Gasteiger partial charge in [0.15, 0.2) is 0 Å². The van der Waals surface area contributed by atoms with Crippen molar-refractivity contribution < 1.29 is 24.3 Å². The van der Waals surface area contributed by atoms with E-state index >= 15 is 0 Å². The molecule has 0 fully saturated rings. The second-order valence-electron chi connectivity index (χ2n) is 8.79. The maximum absolute atomic E-state index is 13.3. The van der Waals surface area contributed by atoms with Crippen LogP contribution in [0.25, 0.3) is 0 Å². The number of carboxylic acids is 1. The number of nitrogens with zero attached hydrogens (tertiary/aromatic N) is 1. The number of carboxylic acid groups (broad SMARTS) is 1. The van der Waals surface area contributed by atoms with Gasteiger partial charge in [0.2, 0.25) is 17.7 Å². The second-order valence-corrected chi connectivity index (χ2v) is 9.77. The number of amides is 3. The molecule has 0 aliphatic carbocycles. The van der Waals surface area contributed by atoms with E-state index in [0.717, 1.165) is 0 Å². The molecule has 0 saturated heterocycles. The molecule has 5 unspecified atom stereocenters. The molecule has 0 radical (unpaired) electrons. The number of carbonyl (C=O) groups excluding carboxylic acids is 3. The van der Waals surface area contributed by atoms with E-state index in [-0.39, 0.29) is 25.2 Å². The Kier molecular flexibility index (Phi) is 14.8. The molecule has 1 rings (SSSR count). The highest BCUT2D eigenvalue weighted by Gasteiger charge is 2.32. The summed E-state index contributed by atoms with van der Waals surface area (Å²) < 4.78 is 0. The van der Waals surface area contributed by atoms with Crippen LogP contribution >= 0.6 is 11.8 Å². The van der Waals surface area contributed by atoms with Crippen molar-refractivity contribution in [2.24, 2.45) is 17.4 Å². The lowest BCUT2D eigenvalue weighted by atomic mass is 9.96. The molecule has 0 saturated carbocycles. The van der Waals surface area contributed by atoms with Crippen molar-refractivity contribution in [1.82, 2.24) is 25.9 Å². The van der Waals surface area contributed by atoms with Crippen LogP contribution in [0.3, 0.4) is 0 Å². The molecule has 0 aliphatic heterocycles. The Hall–Kier alpha value is -2.64. The third-order valence-electron chi connectivity index (χ3n) is 5.93. The van der Waals surface area contributed by atoms with Gasteiger partial charge in [-0.05, 0) is 50.2 Å². The number of thioether (sulfide) groups is 1. The molecule has 9 N–H and O–H groups in total. The first-order chi connectivity index (χ1) is 17.1. The van der Waals surface area contributed by atoms with Crippen LogP contribution in [0, 0.1) is 5.92 Å². The van der Waals surface area contributed by atoms with Crippen LogP contribution in [0.2, 0.25) is 0 Å². The van der Waals surface area contributed by atoms with Crippen molar-refractivity contribution in [3.8, 4) is 0 Å². The first kappa shape index (κ1) is 31.4.